The maximum Gasteiger partial charge on any atom is 0.150 e. The molecule has 0 radical (unpaired) electrons. The molecule has 0 aromatic heterocycles. The van der Waals surface area contributed by atoms with Gasteiger partial charge in [-0.05, 0) is 18.2 Å². The molecule has 0 spiro atoms. The van der Waals surface area contributed by atoms with Crippen molar-refractivity contribution < 1.29 is 14.3 Å². The van der Waals surface area contributed by atoms with E-state index in [1.54, 1.807) is 18.2 Å². The summed E-state index contributed by atoms with van der Waals surface area (Å²) in [6, 6.07) is 4.95. The molecule has 0 unspecified atom stereocenters. The summed E-state index contributed by atoms with van der Waals surface area (Å²) < 4.78 is 5.07. The van der Waals surface area contributed by atoms with Gasteiger partial charge in [-0.25, -0.2) is 0 Å². The monoisotopic (exact) mass is 202 g/mol. The minimum absolute atomic E-state index is 0.175. The largest absolute Gasteiger partial charge is 0.495 e. The topological polar surface area (TPSA) is 43.4 Å². The Morgan fingerprint density at radius 2 is 2.20 bits per heavy atom. The molecule has 1 aromatic rings. The number of benzene rings is 1. The van der Waals surface area contributed by atoms with Crippen molar-refractivity contribution in [2.75, 3.05) is 7.11 Å². The first-order valence-corrected chi connectivity index (χ1v) is 4.37. The van der Waals surface area contributed by atoms with E-state index in [2.05, 4.69) is 11.8 Å². The van der Waals surface area contributed by atoms with Crippen LogP contribution in [0.2, 0.25) is 0 Å². The molecule has 0 N–H and O–H groups in total. The first-order valence-electron chi connectivity index (χ1n) is 4.37. The van der Waals surface area contributed by atoms with E-state index in [1.165, 1.54) is 7.11 Å². The zero-order valence-electron chi connectivity index (χ0n) is 8.32. The lowest BCUT2D eigenvalue weighted by atomic mass is 10.1. The van der Waals surface area contributed by atoms with E-state index in [4.69, 9.17) is 4.74 Å². The predicted octanol–water partition coefficient (Wildman–Crippen LogP) is 1.45. The Hall–Kier alpha value is -2.08. The van der Waals surface area contributed by atoms with E-state index in [0.717, 1.165) is 12.6 Å². The zero-order chi connectivity index (χ0) is 11.1. The number of methoxy groups -OCH3 is 1. The molecule has 0 saturated carbocycles. The summed E-state index contributed by atoms with van der Waals surface area (Å²) in [7, 11) is 1.53. The Bertz CT molecular complexity index is 424. The van der Waals surface area contributed by atoms with Gasteiger partial charge < -0.3 is 9.53 Å². The molecule has 0 amide bonds. The van der Waals surface area contributed by atoms with E-state index in [1.807, 2.05) is 0 Å². The van der Waals surface area contributed by atoms with E-state index >= 15 is 0 Å². The number of hydrogen-bond donors (Lipinski definition) is 0. The normalized spacial score (nSPS) is 8.60. The fourth-order valence-electron chi connectivity index (χ4n) is 1.08. The van der Waals surface area contributed by atoms with Gasteiger partial charge in [-0.2, -0.15) is 0 Å². The second kappa shape index (κ2) is 5.61. The third kappa shape index (κ3) is 2.96. The van der Waals surface area contributed by atoms with Gasteiger partial charge in [0.15, 0.2) is 0 Å². The number of carbonyl (C=O) groups excluding carboxylic acids is 2. The Labute approximate surface area is 88.1 Å². The molecule has 0 fully saturated rings. The molecule has 15 heavy (non-hydrogen) atoms. The second-order valence-electron chi connectivity index (χ2n) is 2.75. The molecular weight excluding hydrogens is 192 g/mol. The Morgan fingerprint density at radius 1 is 1.40 bits per heavy atom. The number of ether oxygens (including phenoxy) is 1. The van der Waals surface area contributed by atoms with Crippen LogP contribution < -0.4 is 4.74 Å². The SMILES string of the molecule is COc1ccc(C=O)cc1C#CCC=O. The summed E-state index contributed by atoms with van der Waals surface area (Å²) in [6.45, 7) is 0. The van der Waals surface area contributed by atoms with Crippen molar-refractivity contribution in [2.45, 2.75) is 6.42 Å². The van der Waals surface area contributed by atoms with Crippen molar-refractivity contribution in [3.05, 3.63) is 29.3 Å². The van der Waals surface area contributed by atoms with Crippen LogP contribution in [-0.4, -0.2) is 19.7 Å². The summed E-state index contributed by atoms with van der Waals surface area (Å²) in [5.74, 6) is 6.03. The van der Waals surface area contributed by atoms with Crippen LogP contribution in [0.15, 0.2) is 18.2 Å². The van der Waals surface area contributed by atoms with Gasteiger partial charge in [-0.15, -0.1) is 0 Å². The minimum Gasteiger partial charge on any atom is -0.495 e. The Kier molecular flexibility index (Phi) is 4.11. The average molecular weight is 202 g/mol. The second-order valence-corrected chi connectivity index (χ2v) is 2.75. The van der Waals surface area contributed by atoms with Gasteiger partial charge >= 0.3 is 0 Å². The van der Waals surface area contributed by atoms with Crippen molar-refractivity contribution in [3.63, 3.8) is 0 Å². The van der Waals surface area contributed by atoms with Crippen LogP contribution in [0.5, 0.6) is 5.75 Å². The number of rotatable bonds is 3. The molecule has 76 valence electrons. The highest BCUT2D eigenvalue weighted by molar-refractivity contribution is 5.76. The Balaban J connectivity index is 3.07. The van der Waals surface area contributed by atoms with Gasteiger partial charge in [0.05, 0.1) is 19.1 Å². The first-order chi connectivity index (χ1) is 7.31. The van der Waals surface area contributed by atoms with Gasteiger partial charge in [0, 0.05) is 5.56 Å². The lowest BCUT2D eigenvalue weighted by Gasteiger charge is -2.02. The van der Waals surface area contributed by atoms with Crippen LogP contribution in [0.3, 0.4) is 0 Å². The van der Waals surface area contributed by atoms with Crippen LogP contribution >= 0.6 is 0 Å². The maximum absolute atomic E-state index is 10.5. The van der Waals surface area contributed by atoms with E-state index < -0.39 is 0 Å². The molecule has 0 aliphatic rings. The smallest absolute Gasteiger partial charge is 0.150 e. The molecule has 0 bridgehead atoms. The summed E-state index contributed by atoms with van der Waals surface area (Å²) in [5, 5.41) is 0. The van der Waals surface area contributed by atoms with Gasteiger partial charge in [0.25, 0.3) is 0 Å². The minimum atomic E-state index is 0.175. The van der Waals surface area contributed by atoms with Crippen LogP contribution in [0.1, 0.15) is 22.3 Å². The molecule has 0 heterocycles. The summed E-state index contributed by atoms with van der Waals surface area (Å²) in [5.41, 5.74) is 1.15. The predicted molar refractivity (Wildman–Crippen MR) is 55.9 cm³/mol. The zero-order valence-corrected chi connectivity index (χ0v) is 8.32. The third-order valence-corrected chi connectivity index (χ3v) is 1.77. The van der Waals surface area contributed by atoms with Gasteiger partial charge in [-0.3, -0.25) is 4.79 Å². The lowest BCUT2D eigenvalue weighted by molar-refractivity contribution is -0.107. The number of carbonyl (C=O) groups is 2. The van der Waals surface area contributed by atoms with Gasteiger partial charge in [-0.1, -0.05) is 11.8 Å². The van der Waals surface area contributed by atoms with Crippen molar-refractivity contribution in [2.24, 2.45) is 0 Å². The van der Waals surface area contributed by atoms with Crippen molar-refractivity contribution >= 4 is 12.6 Å². The fourth-order valence-corrected chi connectivity index (χ4v) is 1.08. The average Bonchev–Trinajstić information content (AvgIpc) is 2.29. The molecule has 1 aromatic carbocycles. The third-order valence-electron chi connectivity index (χ3n) is 1.77. The quantitative estimate of drug-likeness (QED) is 0.550. The molecule has 0 aliphatic heterocycles. The highest BCUT2D eigenvalue weighted by atomic mass is 16.5. The maximum atomic E-state index is 10.5. The van der Waals surface area contributed by atoms with Crippen LogP contribution in [0.25, 0.3) is 0 Å². The van der Waals surface area contributed by atoms with Gasteiger partial charge in [0.1, 0.15) is 18.3 Å². The standard InChI is InChI=1S/C12H10O3/c1-15-12-6-5-10(9-14)8-11(12)4-2-3-7-13/h5-9H,3H2,1H3. The highest BCUT2D eigenvalue weighted by Crippen LogP contribution is 2.17. The lowest BCUT2D eigenvalue weighted by Crippen LogP contribution is -1.90. The molecule has 3 nitrogen and oxygen atoms in total. The fraction of sp³-hybridized carbons (Fsp3) is 0.167. The van der Waals surface area contributed by atoms with Crippen molar-refractivity contribution in [1.29, 1.82) is 0 Å². The highest BCUT2D eigenvalue weighted by Gasteiger charge is 2.00. The van der Waals surface area contributed by atoms with E-state index in [9.17, 15) is 9.59 Å². The summed E-state index contributed by atoms with van der Waals surface area (Å²) >= 11 is 0. The van der Waals surface area contributed by atoms with Crippen LogP contribution in [-0.2, 0) is 4.79 Å². The first kappa shape index (κ1) is 11.0. The molecular formula is C12H10O3. The van der Waals surface area contributed by atoms with E-state index in [-0.39, 0.29) is 6.42 Å². The number of aldehydes is 2. The molecule has 3 heteroatoms. The van der Waals surface area contributed by atoms with Crippen molar-refractivity contribution in [3.8, 4) is 17.6 Å². The van der Waals surface area contributed by atoms with Gasteiger partial charge in [0.2, 0.25) is 0 Å². The number of hydrogen-bond acceptors (Lipinski definition) is 3. The van der Waals surface area contributed by atoms with Crippen LogP contribution in [0.4, 0.5) is 0 Å². The molecule has 0 aliphatic carbocycles. The Morgan fingerprint density at radius 3 is 2.80 bits per heavy atom. The van der Waals surface area contributed by atoms with E-state index in [0.29, 0.717) is 16.9 Å². The molecule has 1 rings (SSSR count). The summed E-state index contributed by atoms with van der Waals surface area (Å²) in [4.78, 5) is 20.6. The summed E-state index contributed by atoms with van der Waals surface area (Å²) in [6.07, 6.45) is 1.64. The van der Waals surface area contributed by atoms with Crippen molar-refractivity contribution in [1.82, 2.24) is 0 Å². The molecule has 0 saturated heterocycles. The van der Waals surface area contributed by atoms with Crippen LogP contribution in [0, 0.1) is 11.8 Å². The molecule has 0 atom stereocenters.